The highest BCUT2D eigenvalue weighted by molar-refractivity contribution is 6.30. The number of benzene rings is 2. The maximum absolute atomic E-state index is 13.7. The predicted molar refractivity (Wildman–Crippen MR) is 111 cm³/mol. The summed E-state index contributed by atoms with van der Waals surface area (Å²) in [5, 5.41) is 1.52. The van der Waals surface area contributed by atoms with Gasteiger partial charge in [-0.1, -0.05) is 11.6 Å². The Labute approximate surface area is 171 Å². The van der Waals surface area contributed by atoms with Crippen LogP contribution in [0.3, 0.4) is 0 Å². The van der Waals surface area contributed by atoms with Gasteiger partial charge in [-0.05, 0) is 54.4 Å². The number of H-pyrrole nitrogens is 2. The highest BCUT2D eigenvalue weighted by atomic mass is 35.5. The van der Waals surface area contributed by atoms with E-state index >= 15 is 0 Å². The molecule has 0 amide bonds. The van der Waals surface area contributed by atoms with Gasteiger partial charge in [0.05, 0.1) is 5.69 Å². The van der Waals surface area contributed by atoms with Crippen molar-refractivity contribution in [2.75, 3.05) is 6.54 Å². The zero-order chi connectivity index (χ0) is 20.0. The lowest BCUT2D eigenvalue weighted by atomic mass is 10.0. The number of nitrogens with one attached hydrogen (secondary N) is 2. The van der Waals surface area contributed by atoms with Gasteiger partial charge in [0, 0.05) is 52.9 Å². The lowest BCUT2D eigenvalue weighted by molar-refractivity contribution is 0.241. The van der Waals surface area contributed by atoms with E-state index < -0.39 is 0 Å². The number of hydrogen-bond acceptors (Lipinski definition) is 3. The lowest BCUT2D eigenvalue weighted by Crippen LogP contribution is -2.35. The fraction of sp³-hybridized carbons (Fsp3) is 0.182. The molecule has 7 heteroatoms. The van der Waals surface area contributed by atoms with E-state index in [1.54, 1.807) is 24.3 Å². The number of aromatic nitrogens is 3. The monoisotopic (exact) mass is 408 g/mol. The van der Waals surface area contributed by atoms with Crippen LogP contribution in [0.4, 0.5) is 4.39 Å². The van der Waals surface area contributed by atoms with Crippen LogP contribution in [0.1, 0.15) is 16.8 Å². The highest BCUT2D eigenvalue weighted by Gasteiger charge is 2.22. The summed E-state index contributed by atoms with van der Waals surface area (Å²) in [5.74, 6) is 0.296. The van der Waals surface area contributed by atoms with Crippen molar-refractivity contribution in [3.63, 3.8) is 0 Å². The summed E-state index contributed by atoms with van der Waals surface area (Å²) in [7, 11) is 0. The molecule has 0 radical (unpaired) electrons. The molecule has 0 spiro atoms. The zero-order valence-electron chi connectivity index (χ0n) is 15.5. The first-order valence-corrected chi connectivity index (χ1v) is 9.80. The van der Waals surface area contributed by atoms with Crippen LogP contribution in [-0.4, -0.2) is 26.4 Å². The van der Waals surface area contributed by atoms with Crippen molar-refractivity contribution < 1.29 is 4.39 Å². The Morgan fingerprint density at radius 3 is 2.83 bits per heavy atom. The molecule has 0 bridgehead atoms. The first-order chi connectivity index (χ1) is 14.1. The van der Waals surface area contributed by atoms with Crippen molar-refractivity contribution in [2.45, 2.75) is 19.5 Å². The van der Waals surface area contributed by atoms with Gasteiger partial charge in [-0.25, -0.2) is 9.37 Å². The van der Waals surface area contributed by atoms with Crippen molar-refractivity contribution in [1.29, 1.82) is 0 Å². The molecule has 5 rings (SSSR count). The molecule has 1 aliphatic heterocycles. The molecule has 5 nitrogen and oxygen atoms in total. The molecule has 0 atom stereocenters. The predicted octanol–water partition coefficient (Wildman–Crippen LogP) is 4.27. The van der Waals surface area contributed by atoms with E-state index in [1.165, 1.54) is 6.07 Å². The van der Waals surface area contributed by atoms with E-state index in [0.717, 1.165) is 39.8 Å². The molecule has 146 valence electrons. The van der Waals surface area contributed by atoms with Crippen LogP contribution < -0.4 is 5.56 Å². The minimum Gasteiger partial charge on any atom is -0.361 e. The summed E-state index contributed by atoms with van der Waals surface area (Å²) < 4.78 is 13.7. The number of aromatic amines is 2. The molecular weight excluding hydrogens is 391 g/mol. The van der Waals surface area contributed by atoms with Gasteiger partial charge in [-0.15, -0.1) is 0 Å². The Balaban J connectivity index is 1.44. The van der Waals surface area contributed by atoms with Gasteiger partial charge >= 0.3 is 0 Å². The van der Waals surface area contributed by atoms with E-state index in [0.29, 0.717) is 30.4 Å². The average molecular weight is 409 g/mol. The fourth-order valence-corrected chi connectivity index (χ4v) is 4.02. The molecule has 2 aromatic carbocycles. The molecule has 29 heavy (non-hydrogen) atoms. The minimum atomic E-state index is -0.247. The SMILES string of the molecule is O=c1[nH]c(-c2ccc(Cl)cc2)nc2c1CCN(Cc1c[nH]c3ccc(F)cc13)C2. The van der Waals surface area contributed by atoms with E-state index in [1.807, 2.05) is 18.3 Å². The summed E-state index contributed by atoms with van der Waals surface area (Å²) >= 11 is 5.96. The van der Waals surface area contributed by atoms with E-state index in [-0.39, 0.29) is 11.4 Å². The van der Waals surface area contributed by atoms with Crippen molar-refractivity contribution in [2.24, 2.45) is 0 Å². The van der Waals surface area contributed by atoms with Gasteiger partial charge in [0.1, 0.15) is 11.6 Å². The summed E-state index contributed by atoms with van der Waals surface area (Å²) in [6, 6.07) is 12.0. The first-order valence-electron chi connectivity index (χ1n) is 9.43. The average Bonchev–Trinajstić information content (AvgIpc) is 3.10. The second-order valence-corrected chi connectivity index (χ2v) is 7.75. The van der Waals surface area contributed by atoms with Crippen LogP contribution in [0.25, 0.3) is 22.3 Å². The molecule has 0 saturated carbocycles. The van der Waals surface area contributed by atoms with Gasteiger partial charge in [-0.3, -0.25) is 9.69 Å². The number of hydrogen-bond donors (Lipinski definition) is 2. The van der Waals surface area contributed by atoms with Crippen molar-refractivity contribution in [1.82, 2.24) is 19.9 Å². The maximum atomic E-state index is 13.7. The third kappa shape index (κ3) is 3.45. The standard InChI is InChI=1S/C22H18ClFN4O/c23-15-3-1-13(2-4-15)21-26-20-12-28(8-7-17(20)22(29)27-21)11-14-10-25-19-6-5-16(24)9-18(14)19/h1-6,9-10,25H,7-8,11-12H2,(H,26,27,29). The van der Waals surface area contributed by atoms with Gasteiger partial charge in [0.25, 0.3) is 5.56 Å². The Hall–Kier alpha value is -2.96. The van der Waals surface area contributed by atoms with Gasteiger partial charge in [0.15, 0.2) is 0 Å². The molecule has 0 unspecified atom stereocenters. The smallest absolute Gasteiger partial charge is 0.254 e. The number of nitrogens with zero attached hydrogens (tertiary/aromatic N) is 2. The molecule has 3 heterocycles. The van der Waals surface area contributed by atoms with Gasteiger partial charge in [0.2, 0.25) is 0 Å². The Morgan fingerprint density at radius 2 is 2.00 bits per heavy atom. The molecule has 2 N–H and O–H groups in total. The van der Waals surface area contributed by atoms with Crippen LogP contribution in [0.2, 0.25) is 5.02 Å². The summed E-state index contributed by atoms with van der Waals surface area (Å²) in [4.78, 5) is 25.6. The number of fused-ring (bicyclic) bond motifs is 2. The molecule has 0 fully saturated rings. The lowest BCUT2D eigenvalue weighted by Gasteiger charge is -2.27. The van der Waals surface area contributed by atoms with Crippen molar-refractivity contribution >= 4 is 22.5 Å². The maximum Gasteiger partial charge on any atom is 0.254 e. The molecule has 0 aliphatic carbocycles. The van der Waals surface area contributed by atoms with Crippen LogP contribution in [0, 0.1) is 5.82 Å². The normalized spacial score (nSPS) is 14.3. The number of rotatable bonds is 3. The highest BCUT2D eigenvalue weighted by Crippen LogP contribution is 2.24. The van der Waals surface area contributed by atoms with E-state index in [2.05, 4.69) is 14.9 Å². The van der Waals surface area contributed by atoms with Gasteiger partial charge < -0.3 is 9.97 Å². The van der Waals surface area contributed by atoms with E-state index in [4.69, 9.17) is 16.6 Å². The zero-order valence-corrected chi connectivity index (χ0v) is 16.3. The second kappa shape index (κ2) is 7.13. The van der Waals surface area contributed by atoms with Gasteiger partial charge in [-0.2, -0.15) is 0 Å². The Bertz CT molecular complexity index is 1260. The Kier molecular flexibility index (Phi) is 4.45. The minimum absolute atomic E-state index is 0.0891. The molecule has 0 saturated heterocycles. The quantitative estimate of drug-likeness (QED) is 0.532. The molecular formula is C22H18ClFN4O. The van der Waals surface area contributed by atoms with E-state index in [9.17, 15) is 9.18 Å². The second-order valence-electron chi connectivity index (χ2n) is 7.31. The fourth-order valence-electron chi connectivity index (χ4n) is 3.90. The Morgan fingerprint density at radius 1 is 1.17 bits per heavy atom. The summed E-state index contributed by atoms with van der Waals surface area (Å²) in [6.07, 6.45) is 2.55. The third-order valence-electron chi connectivity index (χ3n) is 5.39. The third-order valence-corrected chi connectivity index (χ3v) is 5.65. The van der Waals surface area contributed by atoms with Crippen LogP contribution >= 0.6 is 11.6 Å². The van der Waals surface area contributed by atoms with Crippen LogP contribution in [0.15, 0.2) is 53.5 Å². The molecule has 4 aromatic rings. The molecule has 2 aromatic heterocycles. The number of halogens is 2. The largest absolute Gasteiger partial charge is 0.361 e. The summed E-state index contributed by atoms with van der Waals surface area (Å²) in [6.45, 7) is 1.98. The topological polar surface area (TPSA) is 64.8 Å². The van der Waals surface area contributed by atoms with Crippen LogP contribution in [0.5, 0.6) is 0 Å². The first kappa shape index (κ1) is 18.1. The molecule has 1 aliphatic rings. The van der Waals surface area contributed by atoms with Crippen molar-refractivity contribution in [3.8, 4) is 11.4 Å². The summed E-state index contributed by atoms with van der Waals surface area (Å²) in [5.41, 5.74) is 4.20. The van der Waals surface area contributed by atoms with Crippen LogP contribution in [-0.2, 0) is 19.5 Å². The van der Waals surface area contributed by atoms with Crippen molar-refractivity contribution in [3.05, 3.63) is 86.7 Å².